The SMILES string of the molecule is CC(C)(C)OC(=O)NC1CCC(Nc2nc(Nc3ccc(C#N)cc3)ncc2-c2cnn(C3CCOCC3)c2)C1. The fourth-order valence-corrected chi connectivity index (χ4v) is 5.06. The molecule has 1 saturated carbocycles. The van der Waals surface area contributed by atoms with Crippen molar-refractivity contribution in [1.29, 1.82) is 5.26 Å². The molecular weight excluding hydrogens is 508 g/mol. The monoisotopic (exact) mass is 544 g/mol. The van der Waals surface area contributed by atoms with Gasteiger partial charge in [0, 0.05) is 54.5 Å². The Morgan fingerprint density at radius 1 is 1.10 bits per heavy atom. The molecule has 1 aliphatic carbocycles. The van der Waals surface area contributed by atoms with Crippen LogP contribution in [0.2, 0.25) is 0 Å². The van der Waals surface area contributed by atoms with Gasteiger partial charge < -0.3 is 25.4 Å². The van der Waals surface area contributed by atoms with Gasteiger partial charge >= 0.3 is 6.09 Å². The lowest BCUT2D eigenvalue weighted by atomic mass is 10.1. The van der Waals surface area contributed by atoms with Crippen molar-refractivity contribution in [2.45, 2.75) is 76.6 Å². The minimum absolute atomic E-state index is 0.0187. The summed E-state index contributed by atoms with van der Waals surface area (Å²) in [5.74, 6) is 1.13. The van der Waals surface area contributed by atoms with E-state index in [-0.39, 0.29) is 12.1 Å². The van der Waals surface area contributed by atoms with Crippen LogP contribution in [0, 0.1) is 11.3 Å². The molecule has 1 amide bonds. The molecule has 11 nitrogen and oxygen atoms in total. The van der Waals surface area contributed by atoms with Gasteiger partial charge in [0.15, 0.2) is 0 Å². The van der Waals surface area contributed by atoms with Gasteiger partial charge in [0.25, 0.3) is 0 Å². The molecule has 11 heteroatoms. The van der Waals surface area contributed by atoms with Crippen LogP contribution in [0.1, 0.15) is 64.5 Å². The highest BCUT2D eigenvalue weighted by Gasteiger charge is 2.29. The second kappa shape index (κ2) is 11.9. The van der Waals surface area contributed by atoms with Gasteiger partial charge in [-0.1, -0.05) is 0 Å². The molecule has 1 saturated heterocycles. The van der Waals surface area contributed by atoms with Gasteiger partial charge in [-0.15, -0.1) is 0 Å². The molecule has 1 aliphatic heterocycles. The number of anilines is 3. The molecule has 2 aromatic heterocycles. The number of rotatable bonds is 7. The molecule has 3 heterocycles. The number of nitrogens with zero attached hydrogens (tertiary/aromatic N) is 5. The standard InChI is InChI=1S/C29H36N8O3/c1-29(2,3)40-28(38)35-23-9-8-22(14-23)33-26-25(20-16-32-37(18-20)24-10-12-39-13-11-24)17-31-27(36-26)34-21-6-4-19(15-30)5-7-21/h4-7,16-18,22-24H,8-14H2,1-3H3,(H,35,38)(H2,31,33,34,36). The van der Waals surface area contributed by atoms with Gasteiger partial charge in [-0.05, 0) is 77.1 Å². The van der Waals surface area contributed by atoms with E-state index in [1.165, 1.54) is 0 Å². The predicted octanol–water partition coefficient (Wildman–Crippen LogP) is 5.16. The number of hydrogen-bond acceptors (Lipinski definition) is 9. The molecule has 5 rings (SSSR count). The number of nitriles is 1. The molecule has 2 atom stereocenters. The molecule has 0 spiro atoms. The first-order chi connectivity index (χ1) is 19.3. The van der Waals surface area contributed by atoms with Crippen molar-refractivity contribution in [3.8, 4) is 17.2 Å². The summed E-state index contributed by atoms with van der Waals surface area (Å²) < 4.78 is 13.0. The molecule has 3 N–H and O–H groups in total. The Morgan fingerprint density at radius 3 is 2.58 bits per heavy atom. The number of carbonyl (C=O) groups excluding carboxylic acids is 1. The fourth-order valence-electron chi connectivity index (χ4n) is 5.06. The number of benzene rings is 1. The van der Waals surface area contributed by atoms with Crippen molar-refractivity contribution in [1.82, 2.24) is 25.1 Å². The zero-order valence-corrected chi connectivity index (χ0v) is 23.2. The molecule has 2 fully saturated rings. The number of hydrogen-bond donors (Lipinski definition) is 3. The maximum atomic E-state index is 12.3. The molecule has 40 heavy (non-hydrogen) atoms. The van der Waals surface area contributed by atoms with E-state index in [0.29, 0.717) is 23.4 Å². The van der Waals surface area contributed by atoms with Crippen LogP contribution in [0.25, 0.3) is 11.1 Å². The van der Waals surface area contributed by atoms with Gasteiger partial charge in [-0.25, -0.2) is 9.78 Å². The zero-order valence-electron chi connectivity index (χ0n) is 23.2. The van der Waals surface area contributed by atoms with Crippen LogP contribution in [0.5, 0.6) is 0 Å². The van der Waals surface area contributed by atoms with Gasteiger partial charge in [0.2, 0.25) is 5.95 Å². The van der Waals surface area contributed by atoms with Crippen LogP contribution in [0.4, 0.5) is 22.2 Å². The summed E-state index contributed by atoms with van der Waals surface area (Å²) in [6.07, 6.45) is 9.66. The van der Waals surface area contributed by atoms with E-state index < -0.39 is 11.7 Å². The first-order valence-corrected chi connectivity index (χ1v) is 13.8. The Balaban J connectivity index is 1.34. The van der Waals surface area contributed by atoms with E-state index in [2.05, 4.69) is 38.3 Å². The second-order valence-electron chi connectivity index (χ2n) is 11.3. The number of ether oxygens (including phenoxy) is 2. The first-order valence-electron chi connectivity index (χ1n) is 13.8. The summed E-state index contributed by atoms with van der Waals surface area (Å²) in [4.78, 5) is 21.7. The summed E-state index contributed by atoms with van der Waals surface area (Å²) in [5.41, 5.74) is 2.62. The molecule has 1 aromatic carbocycles. The van der Waals surface area contributed by atoms with Crippen molar-refractivity contribution in [3.63, 3.8) is 0 Å². The number of aromatic nitrogens is 4. The highest BCUT2D eigenvalue weighted by Crippen LogP contribution is 2.32. The summed E-state index contributed by atoms with van der Waals surface area (Å²) in [6, 6.07) is 9.71. The lowest BCUT2D eigenvalue weighted by molar-refractivity contribution is 0.0505. The van der Waals surface area contributed by atoms with Crippen molar-refractivity contribution in [3.05, 3.63) is 48.4 Å². The maximum absolute atomic E-state index is 12.3. The molecule has 0 bridgehead atoms. The number of amides is 1. The summed E-state index contributed by atoms with van der Waals surface area (Å²) >= 11 is 0. The zero-order chi connectivity index (χ0) is 28.1. The minimum atomic E-state index is -0.538. The van der Waals surface area contributed by atoms with Gasteiger partial charge in [-0.3, -0.25) is 4.68 Å². The van der Waals surface area contributed by atoms with Crippen LogP contribution in [0.15, 0.2) is 42.9 Å². The molecule has 210 valence electrons. The van der Waals surface area contributed by atoms with Gasteiger partial charge in [-0.2, -0.15) is 15.3 Å². The van der Waals surface area contributed by atoms with E-state index in [0.717, 1.165) is 62.1 Å². The van der Waals surface area contributed by atoms with Crippen LogP contribution in [0.3, 0.4) is 0 Å². The minimum Gasteiger partial charge on any atom is -0.444 e. The van der Waals surface area contributed by atoms with Crippen LogP contribution >= 0.6 is 0 Å². The fraction of sp³-hybridized carbons (Fsp3) is 0.483. The molecule has 3 aromatic rings. The third-order valence-corrected chi connectivity index (χ3v) is 7.03. The molecule has 0 radical (unpaired) electrons. The third kappa shape index (κ3) is 7.07. The third-order valence-electron chi connectivity index (χ3n) is 7.03. The topological polar surface area (TPSA) is 139 Å². The Kier molecular flexibility index (Phi) is 8.16. The Hall–Kier alpha value is -4.17. The van der Waals surface area contributed by atoms with E-state index in [1.807, 2.05) is 43.8 Å². The smallest absolute Gasteiger partial charge is 0.407 e. The van der Waals surface area contributed by atoms with E-state index in [9.17, 15) is 4.79 Å². The highest BCUT2D eigenvalue weighted by atomic mass is 16.6. The second-order valence-corrected chi connectivity index (χ2v) is 11.3. The van der Waals surface area contributed by atoms with Crippen molar-refractivity contribution in [2.75, 3.05) is 23.8 Å². The molecule has 2 aliphatic rings. The predicted molar refractivity (Wildman–Crippen MR) is 151 cm³/mol. The first kappa shape index (κ1) is 27.4. The number of nitrogens with one attached hydrogen (secondary N) is 3. The van der Waals surface area contributed by atoms with Crippen LogP contribution in [-0.4, -0.2) is 56.7 Å². The van der Waals surface area contributed by atoms with E-state index >= 15 is 0 Å². The maximum Gasteiger partial charge on any atom is 0.407 e. The van der Waals surface area contributed by atoms with E-state index in [4.69, 9.17) is 19.7 Å². The molecule has 2 unspecified atom stereocenters. The van der Waals surface area contributed by atoms with E-state index in [1.54, 1.807) is 18.3 Å². The van der Waals surface area contributed by atoms with Crippen LogP contribution in [-0.2, 0) is 9.47 Å². The van der Waals surface area contributed by atoms with Crippen molar-refractivity contribution >= 4 is 23.5 Å². The average molecular weight is 545 g/mol. The van der Waals surface area contributed by atoms with Crippen LogP contribution < -0.4 is 16.0 Å². The summed E-state index contributed by atoms with van der Waals surface area (Å²) in [5, 5.41) is 23.6. The van der Waals surface area contributed by atoms with Gasteiger partial charge in [0.05, 0.1) is 23.9 Å². The highest BCUT2D eigenvalue weighted by molar-refractivity contribution is 5.75. The number of carbonyl (C=O) groups is 1. The van der Waals surface area contributed by atoms with Crippen molar-refractivity contribution < 1.29 is 14.3 Å². The normalized spacial score (nSPS) is 19.6. The summed E-state index contributed by atoms with van der Waals surface area (Å²) in [6.45, 7) is 7.05. The molecular formula is C29H36N8O3. The quantitative estimate of drug-likeness (QED) is 0.368. The lowest BCUT2D eigenvalue weighted by Gasteiger charge is -2.22. The number of alkyl carbamates (subject to hydrolysis) is 1. The lowest BCUT2D eigenvalue weighted by Crippen LogP contribution is -2.38. The van der Waals surface area contributed by atoms with Gasteiger partial charge in [0.1, 0.15) is 11.4 Å². The Morgan fingerprint density at radius 2 is 1.85 bits per heavy atom. The Labute approximate surface area is 234 Å². The summed E-state index contributed by atoms with van der Waals surface area (Å²) in [7, 11) is 0. The van der Waals surface area contributed by atoms with Crippen molar-refractivity contribution in [2.24, 2.45) is 0 Å². The Bertz CT molecular complexity index is 1350. The average Bonchev–Trinajstić information content (AvgIpc) is 3.59. The largest absolute Gasteiger partial charge is 0.444 e.